The molecule has 1 aromatic heterocycles. The molecule has 2 aromatic rings. The summed E-state index contributed by atoms with van der Waals surface area (Å²) < 4.78 is 0. The molecule has 2 bridgehead atoms. The van der Waals surface area contributed by atoms with Gasteiger partial charge in [0.05, 0.1) is 10.5 Å². The van der Waals surface area contributed by atoms with Gasteiger partial charge in [0.2, 0.25) is 0 Å². The van der Waals surface area contributed by atoms with Gasteiger partial charge in [-0.15, -0.1) is 0 Å². The summed E-state index contributed by atoms with van der Waals surface area (Å²) in [5.74, 6) is 3.63. The van der Waals surface area contributed by atoms with E-state index >= 15 is 0 Å². The third-order valence-electron chi connectivity index (χ3n) is 4.57. The third-order valence-corrected chi connectivity index (χ3v) is 4.88. The second-order valence-corrected chi connectivity index (χ2v) is 5.95. The summed E-state index contributed by atoms with van der Waals surface area (Å²) in [5.41, 5.74) is 2.02. The van der Waals surface area contributed by atoms with Crippen molar-refractivity contribution in [3.8, 4) is 0 Å². The summed E-state index contributed by atoms with van der Waals surface area (Å²) in [7, 11) is 0. The quantitative estimate of drug-likeness (QED) is 0.806. The molecule has 2 aliphatic rings. The highest BCUT2D eigenvalue weighted by atomic mass is 35.5. The average molecular weight is 247 g/mol. The molecule has 4 rings (SSSR count). The van der Waals surface area contributed by atoms with Gasteiger partial charge in [-0.25, -0.2) is 4.98 Å². The second-order valence-electron chi connectivity index (χ2n) is 5.54. The van der Waals surface area contributed by atoms with Crippen LogP contribution in [0.2, 0.25) is 5.02 Å². The van der Waals surface area contributed by atoms with Crippen LogP contribution in [0.4, 0.5) is 0 Å². The van der Waals surface area contributed by atoms with E-state index in [4.69, 9.17) is 16.6 Å². The standard InChI is InChI=1S/C14H15ClN2/c15-11-2-1-3-12-13(11)17-14(16-12)10-7-8-4-5-9(10)6-8/h1-3,8-10H,4-7H2,(H,16,17). The Hall–Kier alpha value is -1.02. The number of hydrogen-bond acceptors (Lipinski definition) is 1. The first-order valence-electron chi connectivity index (χ1n) is 6.45. The third kappa shape index (κ3) is 1.43. The monoisotopic (exact) mass is 246 g/mol. The van der Waals surface area contributed by atoms with Crippen molar-refractivity contribution in [2.24, 2.45) is 11.8 Å². The summed E-state index contributed by atoms with van der Waals surface area (Å²) in [4.78, 5) is 8.19. The van der Waals surface area contributed by atoms with Crippen LogP contribution in [-0.2, 0) is 0 Å². The van der Waals surface area contributed by atoms with E-state index in [9.17, 15) is 0 Å². The molecule has 0 radical (unpaired) electrons. The molecule has 0 saturated heterocycles. The highest BCUT2D eigenvalue weighted by molar-refractivity contribution is 6.34. The van der Waals surface area contributed by atoms with Crippen molar-refractivity contribution in [2.75, 3.05) is 0 Å². The van der Waals surface area contributed by atoms with E-state index in [1.165, 1.54) is 31.5 Å². The maximum absolute atomic E-state index is 6.17. The Labute approximate surface area is 105 Å². The van der Waals surface area contributed by atoms with Crippen LogP contribution in [-0.4, -0.2) is 9.97 Å². The Morgan fingerprint density at radius 3 is 2.88 bits per heavy atom. The average Bonchev–Trinajstić information content (AvgIpc) is 3.03. The van der Waals surface area contributed by atoms with Crippen LogP contribution >= 0.6 is 11.6 Å². The molecule has 0 aliphatic heterocycles. The first-order valence-corrected chi connectivity index (χ1v) is 6.83. The number of imidazole rings is 1. The zero-order chi connectivity index (χ0) is 11.4. The number of halogens is 1. The number of nitrogens with one attached hydrogen (secondary N) is 1. The minimum Gasteiger partial charge on any atom is -0.342 e. The number of benzene rings is 1. The van der Waals surface area contributed by atoms with Crippen LogP contribution in [0.15, 0.2) is 18.2 Å². The maximum atomic E-state index is 6.17. The molecule has 3 atom stereocenters. The number of fused-ring (bicyclic) bond motifs is 3. The van der Waals surface area contributed by atoms with Crippen molar-refractivity contribution in [3.05, 3.63) is 29.0 Å². The van der Waals surface area contributed by atoms with Crippen LogP contribution in [0.3, 0.4) is 0 Å². The van der Waals surface area contributed by atoms with Crippen LogP contribution in [0.1, 0.15) is 37.4 Å². The Balaban J connectivity index is 1.79. The lowest BCUT2D eigenvalue weighted by molar-refractivity contribution is 0.408. The molecule has 2 fully saturated rings. The number of hydrogen-bond donors (Lipinski definition) is 1. The fraction of sp³-hybridized carbons (Fsp3) is 0.500. The van der Waals surface area contributed by atoms with Crippen molar-refractivity contribution in [3.63, 3.8) is 0 Å². The topological polar surface area (TPSA) is 28.7 Å². The van der Waals surface area contributed by atoms with Crippen LogP contribution in [0.25, 0.3) is 11.0 Å². The fourth-order valence-corrected chi connectivity index (χ4v) is 3.99. The molecule has 3 heteroatoms. The van der Waals surface area contributed by atoms with E-state index in [1.54, 1.807) is 0 Å². The van der Waals surface area contributed by atoms with Crippen LogP contribution in [0.5, 0.6) is 0 Å². The molecule has 1 N–H and O–H groups in total. The zero-order valence-corrected chi connectivity index (χ0v) is 10.4. The van der Waals surface area contributed by atoms with Gasteiger partial charge in [-0.1, -0.05) is 24.1 Å². The molecule has 0 spiro atoms. The van der Waals surface area contributed by atoms with Crippen LogP contribution < -0.4 is 0 Å². The van der Waals surface area contributed by atoms with Crippen molar-refractivity contribution in [1.82, 2.24) is 9.97 Å². The van der Waals surface area contributed by atoms with Gasteiger partial charge in [-0.2, -0.15) is 0 Å². The number of aromatic amines is 1. The van der Waals surface area contributed by atoms with E-state index in [1.807, 2.05) is 12.1 Å². The molecule has 2 nitrogen and oxygen atoms in total. The van der Waals surface area contributed by atoms with E-state index < -0.39 is 0 Å². The molecule has 2 saturated carbocycles. The van der Waals surface area contributed by atoms with Gasteiger partial charge in [-0.3, -0.25) is 0 Å². The molecule has 0 amide bonds. The summed E-state index contributed by atoms with van der Waals surface area (Å²) in [6.07, 6.45) is 5.56. The van der Waals surface area contributed by atoms with Gasteiger partial charge in [0, 0.05) is 5.92 Å². The van der Waals surface area contributed by atoms with Gasteiger partial charge in [0.25, 0.3) is 0 Å². The van der Waals surface area contributed by atoms with Gasteiger partial charge >= 0.3 is 0 Å². The molecular formula is C14H15ClN2. The van der Waals surface area contributed by atoms with Crippen molar-refractivity contribution >= 4 is 22.6 Å². The highest BCUT2D eigenvalue weighted by Gasteiger charge is 2.41. The summed E-state index contributed by atoms with van der Waals surface area (Å²) in [6, 6.07) is 5.95. The minimum absolute atomic E-state index is 0.650. The van der Waals surface area contributed by atoms with Crippen molar-refractivity contribution in [2.45, 2.75) is 31.6 Å². The molecule has 88 valence electrons. The smallest absolute Gasteiger partial charge is 0.110 e. The Morgan fingerprint density at radius 2 is 2.18 bits per heavy atom. The highest BCUT2D eigenvalue weighted by Crippen LogP contribution is 2.52. The van der Waals surface area contributed by atoms with Crippen molar-refractivity contribution < 1.29 is 0 Å². The summed E-state index contributed by atoms with van der Waals surface area (Å²) >= 11 is 6.17. The lowest BCUT2D eigenvalue weighted by Crippen LogP contribution is -2.09. The van der Waals surface area contributed by atoms with Crippen molar-refractivity contribution in [1.29, 1.82) is 0 Å². The molecule has 2 aliphatic carbocycles. The number of rotatable bonds is 1. The SMILES string of the molecule is Clc1cccc2[nH]c(C3CC4CCC3C4)nc12. The van der Waals surface area contributed by atoms with Gasteiger partial charge in [-0.05, 0) is 43.2 Å². The van der Waals surface area contributed by atoms with Gasteiger partial charge in [0.15, 0.2) is 0 Å². The van der Waals surface area contributed by atoms with E-state index in [0.29, 0.717) is 5.92 Å². The first kappa shape index (κ1) is 9.95. The molecule has 1 aromatic carbocycles. The molecule has 3 unspecified atom stereocenters. The first-order chi connectivity index (χ1) is 8.31. The number of H-pyrrole nitrogens is 1. The Kier molecular flexibility index (Phi) is 2.04. The number of aromatic nitrogens is 2. The summed E-state index contributed by atoms with van der Waals surface area (Å²) in [5, 5.41) is 0.758. The molecule has 1 heterocycles. The Morgan fingerprint density at radius 1 is 1.24 bits per heavy atom. The predicted octanol–water partition coefficient (Wildman–Crippen LogP) is 4.12. The van der Waals surface area contributed by atoms with Gasteiger partial charge < -0.3 is 4.98 Å². The minimum atomic E-state index is 0.650. The number of nitrogens with zero attached hydrogens (tertiary/aromatic N) is 1. The number of para-hydroxylation sites is 1. The lowest BCUT2D eigenvalue weighted by Gasteiger charge is -2.18. The van der Waals surface area contributed by atoms with Gasteiger partial charge in [0.1, 0.15) is 11.3 Å². The predicted molar refractivity (Wildman–Crippen MR) is 69.3 cm³/mol. The van der Waals surface area contributed by atoms with E-state index in [-0.39, 0.29) is 0 Å². The largest absolute Gasteiger partial charge is 0.342 e. The lowest BCUT2D eigenvalue weighted by atomic mass is 9.88. The summed E-state index contributed by atoms with van der Waals surface area (Å²) in [6.45, 7) is 0. The normalized spacial score (nSPS) is 31.5. The Bertz CT molecular complexity index is 575. The maximum Gasteiger partial charge on any atom is 0.110 e. The zero-order valence-electron chi connectivity index (χ0n) is 9.62. The second kappa shape index (κ2) is 3.49. The molecule has 17 heavy (non-hydrogen) atoms. The molecular weight excluding hydrogens is 232 g/mol. The van der Waals surface area contributed by atoms with E-state index in [0.717, 1.165) is 27.9 Å². The fourth-order valence-electron chi connectivity index (χ4n) is 3.77. The van der Waals surface area contributed by atoms with E-state index in [2.05, 4.69) is 11.1 Å². The van der Waals surface area contributed by atoms with Crippen LogP contribution in [0, 0.1) is 11.8 Å².